The third-order valence-corrected chi connectivity index (χ3v) is 11.4. The molecule has 0 unspecified atom stereocenters. The quantitative estimate of drug-likeness (QED) is 0.150. The van der Waals surface area contributed by atoms with E-state index in [0.29, 0.717) is 5.52 Å². The monoisotopic (exact) mass is 694 g/mol. The van der Waals surface area contributed by atoms with Gasteiger partial charge in [-0.25, -0.2) is 9.61 Å². The molecule has 51 heavy (non-hydrogen) atoms. The van der Waals surface area contributed by atoms with Gasteiger partial charge in [0.1, 0.15) is 11.2 Å². The van der Waals surface area contributed by atoms with Crippen molar-refractivity contribution < 1.29 is 4.63 Å². The molecule has 5 heterocycles. The highest BCUT2D eigenvalue weighted by molar-refractivity contribution is 7.19. The van der Waals surface area contributed by atoms with Crippen molar-refractivity contribution >= 4 is 33.7 Å². The molecule has 0 saturated heterocycles. The number of hydrogen-bond donors (Lipinski definition) is 0. The Bertz CT molecular complexity index is 2560. The van der Waals surface area contributed by atoms with Crippen LogP contribution in [-0.4, -0.2) is 20.3 Å². The Morgan fingerprint density at radius 1 is 0.451 bits per heavy atom. The fourth-order valence-electron chi connectivity index (χ4n) is 6.47. The standard InChI is InChI=1S/C44H30N4OS2/c1-3-9-30(10-4-1)32-14-18-34(19-15-32)37-23-25-39(50-37)41-36(22-13-29-8-7-27-45-28-29)46-42(44-43(41)47-49-48-44)40-26-24-38(51-40)35-20-16-33(17-21-35)31-11-5-2-6-12-31/h1-12,14-21,23-28H,13,22H2. The molecule has 0 aliphatic carbocycles. The van der Waals surface area contributed by atoms with Crippen LogP contribution in [0.15, 0.2) is 163 Å². The second-order valence-electron chi connectivity index (χ2n) is 12.3. The summed E-state index contributed by atoms with van der Waals surface area (Å²) >= 11 is 3.44. The van der Waals surface area contributed by atoms with Gasteiger partial charge in [-0.1, -0.05) is 115 Å². The highest BCUT2D eigenvalue weighted by atomic mass is 32.1. The molecular weight excluding hydrogens is 665 g/mol. The second-order valence-corrected chi connectivity index (χ2v) is 14.5. The summed E-state index contributed by atoms with van der Waals surface area (Å²) in [7, 11) is 0. The van der Waals surface area contributed by atoms with Crippen molar-refractivity contribution in [3.05, 3.63) is 169 Å². The van der Waals surface area contributed by atoms with Crippen LogP contribution in [0.3, 0.4) is 0 Å². The maximum atomic E-state index is 5.46. The summed E-state index contributed by atoms with van der Waals surface area (Å²) in [5.74, 6) is 0. The van der Waals surface area contributed by atoms with Gasteiger partial charge in [-0.3, -0.25) is 4.98 Å². The molecule has 0 spiro atoms. The van der Waals surface area contributed by atoms with E-state index in [1.807, 2.05) is 30.6 Å². The number of aryl methyl sites for hydroxylation is 2. The van der Waals surface area contributed by atoms with E-state index in [1.54, 1.807) is 22.7 Å². The summed E-state index contributed by atoms with van der Waals surface area (Å²) in [6, 6.07) is 51.2. The molecule has 4 aromatic carbocycles. The van der Waals surface area contributed by atoms with Crippen LogP contribution >= 0.6 is 22.7 Å². The molecule has 0 radical (unpaired) electrons. The molecule has 5 aromatic heterocycles. The van der Waals surface area contributed by atoms with Crippen molar-refractivity contribution in [2.75, 3.05) is 0 Å². The minimum absolute atomic E-state index is 0.671. The molecule has 0 saturated carbocycles. The van der Waals surface area contributed by atoms with E-state index in [9.17, 15) is 0 Å². The van der Waals surface area contributed by atoms with E-state index in [2.05, 4.69) is 143 Å². The molecule has 9 aromatic rings. The maximum absolute atomic E-state index is 5.46. The summed E-state index contributed by atoms with van der Waals surface area (Å²) in [6.45, 7) is 0. The largest absolute Gasteiger partial charge is 0.264 e. The van der Waals surface area contributed by atoms with Gasteiger partial charge in [-0.15, -0.1) is 22.7 Å². The Morgan fingerprint density at radius 3 is 1.59 bits per heavy atom. The Balaban J connectivity index is 1.08. The van der Waals surface area contributed by atoms with Crippen LogP contribution in [0.2, 0.25) is 0 Å². The third-order valence-electron chi connectivity index (χ3n) is 9.10. The van der Waals surface area contributed by atoms with Gasteiger partial charge in [-0.05, 0) is 92.4 Å². The highest BCUT2D eigenvalue weighted by Crippen LogP contribution is 2.43. The maximum Gasteiger partial charge on any atom is 0.163 e. The van der Waals surface area contributed by atoms with Gasteiger partial charge in [0, 0.05) is 32.6 Å². The lowest BCUT2D eigenvalue weighted by Gasteiger charge is -2.10. The normalized spacial score (nSPS) is 11.3. The lowest BCUT2D eigenvalue weighted by Crippen LogP contribution is -2.01. The summed E-state index contributed by atoms with van der Waals surface area (Å²) in [5.41, 5.74) is 12.4. The van der Waals surface area contributed by atoms with E-state index in [4.69, 9.17) is 9.61 Å². The van der Waals surface area contributed by atoms with Gasteiger partial charge in [0.2, 0.25) is 0 Å². The molecule has 0 amide bonds. The van der Waals surface area contributed by atoms with Gasteiger partial charge in [0.15, 0.2) is 5.52 Å². The number of nitrogens with zero attached hydrogens (tertiary/aromatic N) is 4. The number of fused-ring (bicyclic) bond motifs is 1. The Kier molecular flexibility index (Phi) is 8.33. The van der Waals surface area contributed by atoms with Gasteiger partial charge in [0.05, 0.1) is 10.6 Å². The minimum Gasteiger partial charge on any atom is -0.264 e. The molecule has 244 valence electrons. The minimum atomic E-state index is 0.671. The predicted octanol–water partition coefficient (Wildman–Crippen LogP) is 11.9. The summed E-state index contributed by atoms with van der Waals surface area (Å²) in [4.78, 5) is 14.2. The first kappa shape index (κ1) is 31.0. The first-order valence-corrected chi connectivity index (χ1v) is 18.5. The SMILES string of the molecule is c1ccc(-c2ccc(-c3ccc(-c4nc(CCc5cccnc5)c(-c5ccc(-c6ccc(-c7ccccc7)cc6)s5)c5nonc45)s3)cc2)cc1. The van der Waals surface area contributed by atoms with Crippen LogP contribution in [0, 0.1) is 0 Å². The van der Waals surface area contributed by atoms with Crippen molar-refractivity contribution in [2.24, 2.45) is 0 Å². The highest BCUT2D eigenvalue weighted by Gasteiger charge is 2.23. The Labute approximate surface area is 303 Å². The van der Waals surface area contributed by atoms with Gasteiger partial charge in [-0.2, -0.15) is 0 Å². The molecule has 0 aliphatic heterocycles. The topological polar surface area (TPSA) is 64.7 Å². The van der Waals surface area contributed by atoms with Gasteiger partial charge >= 0.3 is 0 Å². The lowest BCUT2D eigenvalue weighted by molar-refractivity contribution is 0.315. The summed E-state index contributed by atoms with van der Waals surface area (Å²) < 4.78 is 5.46. The molecule has 0 aliphatic rings. The summed E-state index contributed by atoms with van der Waals surface area (Å²) in [6.07, 6.45) is 5.25. The van der Waals surface area contributed by atoms with E-state index in [1.165, 1.54) is 32.7 Å². The Hall–Kier alpha value is -6.02. The molecule has 0 bridgehead atoms. The van der Waals surface area contributed by atoms with Crippen molar-refractivity contribution in [1.82, 2.24) is 20.3 Å². The molecular formula is C44H30N4OS2. The van der Waals surface area contributed by atoms with Crippen molar-refractivity contribution in [3.8, 4) is 64.1 Å². The van der Waals surface area contributed by atoms with E-state index < -0.39 is 0 Å². The van der Waals surface area contributed by atoms with Crippen LogP contribution in [0.1, 0.15) is 11.3 Å². The lowest BCUT2D eigenvalue weighted by atomic mass is 10.0. The molecule has 7 heteroatoms. The zero-order valence-electron chi connectivity index (χ0n) is 27.4. The first-order chi connectivity index (χ1) is 25.3. The third kappa shape index (κ3) is 6.29. The average Bonchev–Trinajstić information content (AvgIpc) is 4.00. The van der Waals surface area contributed by atoms with Crippen LogP contribution in [0.25, 0.3) is 75.2 Å². The summed E-state index contributed by atoms with van der Waals surface area (Å²) in [5, 5.41) is 8.92. The smallest absolute Gasteiger partial charge is 0.163 e. The second kappa shape index (κ2) is 13.7. The molecule has 0 N–H and O–H groups in total. The zero-order valence-corrected chi connectivity index (χ0v) is 29.1. The fourth-order valence-corrected chi connectivity index (χ4v) is 8.55. The van der Waals surface area contributed by atoms with E-state index in [-0.39, 0.29) is 0 Å². The average molecular weight is 695 g/mol. The van der Waals surface area contributed by atoms with E-state index >= 15 is 0 Å². The van der Waals surface area contributed by atoms with Crippen LogP contribution in [-0.2, 0) is 12.8 Å². The van der Waals surface area contributed by atoms with E-state index in [0.717, 1.165) is 61.1 Å². The number of benzene rings is 4. The predicted molar refractivity (Wildman–Crippen MR) is 210 cm³/mol. The van der Waals surface area contributed by atoms with Gasteiger partial charge < -0.3 is 0 Å². The first-order valence-electron chi connectivity index (χ1n) is 16.8. The number of hydrogen-bond acceptors (Lipinski definition) is 7. The van der Waals surface area contributed by atoms with Crippen LogP contribution < -0.4 is 0 Å². The zero-order chi connectivity index (χ0) is 34.0. The fraction of sp³-hybridized carbons (Fsp3) is 0.0455. The van der Waals surface area contributed by atoms with Crippen molar-refractivity contribution in [3.63, 3.8) is 0 Å². The number of thiophene rings is 2. The molecule has 5 nitrogen and oxygen atoms in total. The Morgan fingerprint density at radius 2 is 0.980 bits per heavy atom. The van der Waals surface area contributed by atoms with Gasteiger partial charge in [0.25, 0.3) is 0 Å². The molecule has 0 atom stereocenters. The van der Waals surface area contributed by atoms with Crippen molar-refractivity contribution in [2.45, 2.75) is 12.8 Å². The number of aromatic nitrogens is 4. The number of pyridine rings is 2. The van der Waals surface area contributed by atoms with Crippen LogP contribution in [0.4, 0.5) is 0 Å². The number of rotatable bonds is 9. The van der Waals surface area contributed by atoms with Crippen LogP contribution in [0.5, 0.6) is 0 Å². The molecule has 0 fully saturated rings. The molecule has 9 rings (SSSR count). The van der Waals surface area contributed by atoms with Crippen molar-refractivity contribution in [1.29, 1.82) is 0 Å².